The number of rotatable bonds is 37. The van der Waals surface area contributed by atoms with Crippen LogP contribution in [0.25, 0.3) is 0 Å². The van der Waals surface area contributed by atoms with Crippen LogP contribution in [0.4, 0.5) is 0 Å². The summed E-state index contributed by atoms with van der Waals surface area (Å²) in [7, 11) is -10.7. The zero-order valence-electron chi connectivity index (χ0n) is 37.8. The van der Waals surface area contributed by atoms with Crippen LogP contribution in [-0.4, -0.2) is 114 Å². The summed E-state index contributed by atoms with van der Waals surface area (Å²) >= 11 is 0. The number of aliphatic hydroxyl groups excluding tert-OH is 5. The molecule has 0 heterocycles. The predicted molar refractivity (Wildman–Crippen MR) is 242 cm³/mol. The van der Waals surface area contributed by atoms with Gasteiger partial charge in [-0.2, -0.15) is 0 Å². The molecule has 1 aliphatic rings. The van der Waals surface area contributed by atoms with Crippen molar-refractivity contribution in [3.05, 3.63) is 60.8 Å². The van der Waals surface area contributed by atoms with E-state index >= 15 is 0 Å². The molecule has 17 nitrogen and oxygen atoms in total. The van der Waals surface area contributed by atoms with Gasteiger partial charge in [-0.1, -0.05) is 152 Å². The van der Waals surface area contributed by atoms with Crippen molar-refractivity contribution < 1.29 is 82.0 Å². The number of phosphoric ester groups is 2. The number of esters is 2. The molecule has 0 bridgehead atoms. The van der Waals surface area contributed by atoms with Crippen molar-refractivity contribution in [1.82, 2.24) is 0 Å². The van der Waals surface area contributed by atoms with Crippen molar-refractivity contribution in [2.75, 3.05) is 13.2 Å². The Morgan fingerprint density at radius 3 is 1.62 bits per heavy atom. The topological polar surface area (TPSA) is 276 Å². The van der Waals surface area contributed by atoms with Crippen molar-refractivity contribution in [3.63, 3.8) is 0 Å². The molecule has 64 heavy (non-hydrogen) atoms. The molecule has 0 radical (unpaired) electrons. The number of hydrogen-bond acceptors (Lipinski definition) is 14. The summed E-state index contributed by atoms with van der Waals surface area (Å²) < 4.78 is 49.2. The molecule has 8 N–H and O–H groups in total. The largest absolute Gasteiger partial charge is 0.472 e. The molecule has 9 atom stereocenters. The number of hydrogen-bond donors (Lipinski definition) is 8. The highest BCUT2D eigenvalue weighted by molar-refractivity contribution is 7.47. The highest BCUT2D eigenvalue weighted by Gasteiger charge is 2.54. The van der Waals surface area contributed by atoms with E-state index in [-0.39, 0.29) is 12.8 Å². The SMILES string of the molecule is CCCCCCCCCCCCCCCC(=O)OC[C@H](COP(=O)(O)O[C@H]1C(O)C(O)C(O)[C@@H](OP(=O)(O)O)C1O)OC(=O)CCC/C=C\C/C=C\C/C=C\C/C=C\C=C\[C@H](O)CC. The highest BCUT2D eigenvalue weighted by Crippen LogP contribution is 2.49. The monoisotopic (exact) mass is 952 g/mol. The second-order valence-electron chi connectivity index (χ2n) is 15.9. The van der Waals surface area contributed by atoms with Gasteiger partial charge in [-0.25, -0.2) is 9.13 Å². The molecule has 0 saturated heterocycles. The van der Waals surface area contributed by atoms with Crippen molar-refractivity contribution in [3.8, 4) is 0 Å². The number of allylic oxidation sites excluding steroid dienone is 9. The van der Waals surface area contributed by atoms with Crippen LogP contribution < -0.4 is 0 Å². The van der Waals surface area contributed by atoms with Crippen LogP contribution >= 0.6 is 15.6 Å². The van der Waals surface area contributed by atoms with Crippen LogP contribution in [0.3, 0.4) is 0 Å². The molecule has 1 rings (SSSR count). The first-order valence-corrected chi connectivity index (χ1v) is 26.0. The lowest BCUT2D eigenvalue weighted by atomic mass is 9.85. The zero-order chi connectivity index (χ0) is 47.6. The van der Waals surface area contributed by atoms with Gasteiger partial charge in [-0.05, 0) is 44.9 Å². The number of aliphatic hydroxyl groups is 5. The fraction of sp³-hybridized carbons (Fsp3) is 0.733. The first-order chi connectivity index (χ1) is 30.5. The smallest absolute Gasteiger partial charge is 0.462 e. The number of unbranched alkanes of at least 4 members (excludes halogenated alkanes) is 13. The third kappa shape index (κ3) is 30.0. The van der Waals surface area contributed by atoms with Gasteiger partial charge < -0.3 is 49.7 Å². The Morgan fingerprint density at radius 2 is 1.08 bits per heavy atom. The van der Waals surface area contributed by atoms with Crippen LogP contribution in [0.15, 0.2) is 60.8 Å². The average Bonchev–Trinajstić information content (AvgIpc) is 3.25. The molecule has 1 fully saturated rings. The van der Waals surface area contributed by atoms with Gasteiger partial charge >= 0.3 is 27.6 Å². The summed E-state index contributed by atoms with van der Waals surface area (Å²) in [5.74, 6) is -1.29. The number of ether oxygens (including phenoxy) is 2. The molecular weight excluding hydrogens is 874 g/mol. The summed E-state index contributed by atoms with van der Waals surface area (Å²) in [5.41, 5.74) is 0. The molecule has 0 spiro atoms. The summed E-state index contributed by atoms with van der Waals surface area (Å²) in [4.78, 5) is 54.2. The molecule has 19 heteroatoms. The van der Waals surface area contributed by atoms with E-state index in [4.69, 9.17) is 28.3 Å². The van der Waals surface area contributed by atoms with Crippen LogP contribution in [0.2, 0.25) is 0 Å². The Balaban J connectivity index is 2.66. The Labute approximate surface area is 380 Å². The molecule has 370 valence electrons. The van der Waals surface area contributed by atoms with Gasteiger partial charge in [0.1, 0.15) is 43.2 Å². The fourth-order valence-corrected chi connectivity index (χ4v) is 8.08. The van der Waals surface area contributed by atoms with E-state index in [9.17, 15) is 49.1 Å². The molecule has 0 aromatic heterocycles. The standard InChI is InChI=1S/C45H78O17P2/c1-3-5-6-7-8-9-10-13-17-20-23-26-29-32-38(47)58-34-37(35-59-64(56,57)62-45-42(51)40(49)41(50)44(43(45)52)61-63(53,54)55)60-39(48)33-30-27-24-21-18-15-12-11-14-16-19-22-25-28-31-36(46)4-2/h12,14-16,21-22,24-25,28,31,36-37,40-46,49-52H,3-11,13,17-20,23,26-27,29-30,32-35H2,1-2H3,(H,56,57)(H2,53,54,55)/b15-12-,16-14-,24-21-,25-22-,31-28+/t36-,37-,40?,41?,42?,43?,44-,45+/m1/s1. The summed E-state index contributed by atoms with van der Waals surface area (Å²) in [5, 5.41) is 50.7. The second-order valence-corrected chi connectivity index (χ2v) is 18.5. The third-order valence-electron chi connectivity index (χ3n) is 10.3. The Kier molecular flexibility index (Phi) is 33.4. The van der Waals surface area contributed by atoms with E-state index in [0.29, 0.717) is 32.1 Å². The Bertz CT molecular complexity index is 1490. The fourth-order valence-electron chi connectivity index (χ4n) is 6.54. The Morgan fingerprint density at radius 1 is 0.578 bits per heavy atom. The summed E-state index contributed by atoms with van der Waals surface area (Å²) in [6.45, 7) is 2.72. The lowest BCUT2D eigenvalue weighted by Gasteiger charge is -2.43. The van der Waals surface area contributed by atoms with Crippen LogP contribution in [0, 0.1) is 0 Å². The Hall–Kier alpha value is -2.34. The summed E-state index contributed by atoms with van der Waals surface area (Å²) in [6, 6.07) is 0. The van der Waals surface area contributed by atoms with Crippen LogP contribution in [0.5, 0.6) is 0 Å². The maximum atomic E-state index is 13.0. The number of phosphoric acid groups is 2. The molecule has 5 unspecified atom stereocenters. The number of carbonyl (C=O) groups excluding carboxylic acids is 2. The molecule has 0 amide bonds. The van der Waals surface area contributed by atoms with E-state index in [1.165, 1.54) is 51.4 Å². The van der Waals surface area contributed by atoms with E-state index in [1.54, 1.807) is 6.08 Å². The van der Waals surface area contributed by atoms with Gasteiger partial charge in [-0.3, -0.25) is 23.2 Å². The molecule has 1 saturated carbocycles. The molecular formula is C45H78O17P2. The first-order valence-electron chi connectivity index (χ1n) is 22.9. The summed E-state index contributed by atoms with van der Waals surface area (Å²) in [6.07, 6.45) is 22.8. The minimum atomic E-state index is -5.37. The maximum Gasteiger partial charge on any atom is 0.472 e. The van der Waals surface area contributed by atoms with Crippen molar-refractivity contribution >= 4 is 27.6 Å². The van der Waals surface area contributed by atoms with Crippen molar-refractivity contribution in [2.45, 2.75) is 198 Å². The predicted octanol–water partition coefficient (Wildman–Crippen LogP) is 7.25. The van der Waals surface area contributed by atoms with Gasteiger partial charge in [0.25, 0.3) is 0 Å². The van der Waals surface area contributed by atoms with Gasteiger partial charge in [-0.15, -0.1) is 0 Å². The normalized spacial score (nSPS) is 22.8. The van der Waals surface area contributed by atoms with Crippen molar-refractivity contribution in [2.24, 2.45) is 0 Å². The highest BCUT2D eigenvalue weighted by atomic mass is 31.2. The van der Waals surface area contributed by atoms with Crippen LogP contribution in [0.1, 0.15) is 149 Å². The first kappa shape index (κ1) is 59.7. The molecule has 0 aliphatic heterocycles. The van der Waals surface area contributed by atoms with E-state index in [1.807, 2.05) is 49.5 Å². The van der Waals surface area contributed by atoms with Gasteiger partial charge in [0.05, 0.1) is 12.7 Å². The zero-order valence-corrected chi connectivity index (χ0v) is 39.6. The lowest BCUT2D eigenvalue weighted by Crippen LogP contribution is -2.64. The van der Waals surface area contributed by atoms with E-state index in [0.717, 1.165) is 38.5 Å². The van der Waals surface area contributed by atoms with Gasteiger partial charge in [0.2, 0.25) is 0 Å². The third-order valence-corrected chi connectivity index (χ3v) is 11.8. The molecule has 0 aromatic rings. The minimum absolute atomic E-state index is 0.0489. The minimum Gasteiger partial charge on any atom is -0.462 e. The van der Waals surface area contributed by atoms with Crippen molar-refractivity contribution in [1.29, 1.82) is 0 Å². The van der Waals surface area contributed by atoms with E-state index < -0.39 is 89.6 Å². The van der Waals surface area contributed by atoms with E-state index in [2.05, 4.69) is 23.6 Å². The molecule has 0 aromatic carbocycles. The van der Waals surface area contributed by atoms with Crippen LogP contribution in [-0.2, 0) is 41.8 Å². The van der Waals surface area contributed by atoms with Gasteiger partial charge in [0, 0.05) is 12.8 Å². The second kappa shape index (κ2) is 35.8. The number of carbonyl (C=O) groups is 2. The molecule has 1 aliphatic carbocycles. The lowest BCUT2D eigenvalue weighted by molar-refractivity contribution is -0.216. The quantitative estimate of drug-likeness (QED) is 0.0100. The average molecular weight is 953 g/mol. The maximum absolute atomic E-state index is 13.0. The van der Waals surface area contributed by atoms with Gasteiger partial charge in [0.15, 0.2) is 6.10 Å².